The van der Waals surface area contributed by atoms with Crippen molar-refractivity contribution in [3.63, 3.8) is 0 Å². The van der Waals surface area contributed by atoms with Gasteiger partial charge in [0.25, 0.3) is 0 Å². The number of nitrogens with one attached hydrogen (secondary N) is 1. The van der Waals surface area contributed by atoms with E-state index in [1.54, 1.807) is 28.9 Å². The first-order chi connectivity index (χ1) is 14.9. The number of anilines is 1. The maximum Gasteiger partial charge on any atom is 0.418 e. The molecular weight excluding hydrogens is 398 g/mol. The standard InChI is InChI=1S/C23H25N3O5/c1-16-20(24-22(27)30-18-12-8-5-9-13-18)26(17-10-6-4-7-11-17)25-21(16)28-14-19-15-29-23(2,3)31-19/h4-13,19H,14-15H2,1-3H3,(H,24,27)/t19-/m0/s1. The van der Waals surface area contributed by atoms with Crippen LogP contribution in [0.5, 0.6) is 11.6 Å². The molecule has 4 rings (SSSR count). The molecule has 0 saturated carbocycles. The van der Waals surface area contributed by atoms with Crippen LogP contribution in [0.4, 0.5) is 10.6 Å². The zero-order valence-corrected chi connectivity index (χ0v) is 17.7. The van der Waals surface area contributed by atoms with Crippen LogP contribution in [-0.2, 0) is 9.47 Å². The molecule has 1 N–H and O–H groups in total. The number of rotatable bonds is 6. The molecule has 1 aromatic heterocycles. The van der Waals surface area contributed by atoms with Crippen LogP contribution >= 0.6 is 0 Å². The lowest BCUT2D eigenvalue weighted by Crippen LogP contribution is -2.25. The fourth-order valence-electron chi connectivity index (χ4n) is 3.25. The van der Waals surface area contributed by atoms with Gasteiger partial charge in [0.2, 0.25) is 5.88 Å². The molecule has 0 radical (unpaired) electrons. The third-order valence-corrected chi connectivity index (χ3v) is 4.73. The van der Waals surface area contributed by atoms with E-state index >= 15 is 0 Å². The minimum Gasteiger partial charge on any atom is -0.473 e. The summed E-state index contributed by atoms with van der Waals surface area (Å²) < 4.78 is 24.3. The lowest BCUT2D eigenvalue weighted by Gasteiger charge is -2.17. The highest BCUT2D eigenvalue weighted by atomic mass is 16.7. The molecule has 2 aromatic carbocycles. The first kappa shape index (κ1) is 20.9. The smallest absolute Gasteiger partial charge is 0.418 e. The second kappa shape index (κ2) is 8.79. The molecule has 3 aromatic rings. The number of benzene rings is 2. The fraction of sp³-hybridized carbons (Fsp3) is 0.304. The first-order valence-corrected chi connectivity index (χ1v) is 10.0. The summed E-state index contributed by atoms with van der Waals surface area (Å²) >= 11 is 0. The van der Waals surface area contributed by atoms with Gasteiger partial charge in [0.1, 0.15) is 24.3 Å². The summed E-state index contributed by atoms with van der Waals surface area (Å²) in [4.78, 5) is 12.5. The molecule has 31 heavy (non-hydrogen) atoms. The van der Waals surface area contributed by atoms with Gasteiger partial charge in [0.05, 0.1) is 17.9 Å². The molecule has 0 unspecified atom stereocenters. The predicted molar refractivity (Wildman–Crippen MR) is 115 cm³/mol. The van der Waals surface area contributed by atoms with Gasteiger partial charge < -0.3 is 18.9 Å². The van der Waals surface area contributed by atoms with Crippen molar-refractivity contribution in [3.05, 3.63) is 66.2 Å². The van der Waals surface area contributed by atoms with Crippen LogP contribution in [0.2, 0.25) is 0 Å². The van der Waals surface area contributed by atoms with Crippen LogP contribution in [0.25, 0.3) is 5.69 Å². The van der Waals surface area contributed by atoms with Crippen LogP contribution in [0.1, 0.15) is 19.4 Å². The lowest BCUT2D eigenvalue weighted by atomic mass is 10.3. The number of hydrogen-bond acceptors (Lipinski definition) is 6. The van der Waals surface area contributed by atoms with E-state index in [4.69, 9.17) is 18.9 Å². The molecule has 2 heterocycles. The van der Waals surface area contributed by atoms with Crippen molar-refractivity contribution in [1.82, 2.24) is 9.78 Å². The number of carbonyl (C=O) groups excluding carboxylic acids is 1. The van der Waals surface area contributed by atoms with Crippen molar-refractivity contribution < 1.29 is 23.7 Å². The Kier molecular flexibility index (Phi) is 5.92. The molecule has 1 aliphatic heterocycles. The highest BCUT2D eigenvalue weighted by molar-refractivity contribution is 5.87. The van der Waals surface area contributed by atoms with Crippen molar-refractivity contribution in [1.29, 1.82) is 0 Å². The Hall–Kier alpha value is -3.36. The van der Waals surface area contributed by atoms with E-state index < -0.39 is 11.9 Å². The monoisotopic (exact) mass is 423 g/mol. The summed E-state index contributed by atoms with van der Waals surface area (Å²) in [6, 6.07) is 18.3. The molecule has 0 spiro atoms. The number of ether oxygens (including phenoxy) is 4. The van der Waals surface area contributed by atoms with Gasteiger partial charge in [-0.2, -0.15) is 0 Å². The molecule has 8 heteroatoms. The molecule has 1 atom stereocenters. The Labute approximate surface area is 180 Å². The zero-order valence-electron chi connectivity index (χ0n) is 17.7. The third-order valence-electron chi connectivity index (χ3n) is 4.73. The van der Waals surface area contributed by atoms with Crippen molar-refractivity contribution in [2.75, 3.05) is 18.5 Å². The van der Waals surface area contributed by atoms with E-state index in [9.17, 15) is 4.79 Å². The normalized spacial score (nSPS) is 17.3. The van der Waals surface area contributed by atoms with Gasteiger partial charge in [0, 0.05) is 0 Å². The molecular formula is C23H25N3O5. The van der Waals surface area contributed by atoms with Gasteiger partial charge in [-0.05, 0) is 45.0 Å². The Bertz CT molecular complexity index is 1030. The van der Waals surface area contributed by atoms with Crippen molar-refractivity contribution in [2.24, 2.45) is 0 Å². The Morgan fingerprint density at radius 1 is 1.16 bits per heavy atom. The van der Waals surface area contributed by atoms with Crippen molar-refractivity contribution in [2.45, 2.75) is 32.7 Å². The first-order valence-electron chi connectivity index (χ1n) is 10.0. The Morgan fingerprint density at radius 3 is 2.48 bits per heavy atom. The van der Waals surface area contributed by atoms with Crippen LogP contribution in [0.15, 0.2) is 60.7 Å². The summed E-state index contributed by atoms with van der Waals surface area (Å²) in [6.45, 7) is 6.28. The van der Waals surface area contributed by atoms with E-state index in [2.05, 4.69) is 10.4 Å². The average Bonchev–Trinajstić information content (AvgIpc) is 3.27. The van der Waals surface area contributed by atoms with Crippen molar-refractivity contribution >= 4 is 11.9 Å². The predicted octanol–water partition coefficient (Wildman–Crippen LogP) is 4.32. The third kappa shape index (κ3) is 5.04. The molecule has 0 aliphatic carbocycles. The van der Waals surface area contributed by atoms with Gasteiger partial charge in [-0.15, -0.1) is 5.10 Å². The number of amides is 1. The van der Waals surface area contributed by atoms with Gasteiger partial charge in [-0.3, -0.25) is 5.32 Å². The molecule has 0 bridgehead atoms. The number of nitrogens with zero attached hydrogens (tertiary/aromatic N) is 2. The van der Waals surface area contributed by atoms with E-state index in [1.807, 2.05) is 57.2 Å². The summed E-state index contributed by atoms with van der Waals surface area (Å²) in [7, 11) is 0. The molecule has 1 aliphatic rings. The van der Waals surface area contributed by atoms with Gasteiger partial charge in [-0.25, -0.2) is 9.48 Å². The van der Waals surface area contributed by atoms with E-state index in [1.165, 1.54) is 0 Å². The highest BCUT2D eigenvalue weighted by Gasteiger charge is 2.33. The summed E-state index contributed by atoms with van der Waals surface area (Å²) in [5.41, 5.74) is 1.45. The number of carbonyl (C=O) groups is 1. The van der Waals surface area contributed by atoms with Crippen LogP contribution in [-0.4, -0.2) is 41.0 Å². The summed E-state index contributed by atoms with van der Waals surface area (Å²) in [6.07, 6.45) is -0.817. The van der Waals surface area contributed by atoms with Crippen LogP contribution in [0, 0.1) is 6.92 Å². The SMILES string of the molecule is Cc1c(OC[C@H]2COC(C)(C)O2)nn(-c2ccccc2)c1NC(=O)Oc1ccccc1. The maximum absolute atomic E-state index is 12.5. The van der Waals surface area contributed by atoms with E-state index in [-0.39, 0.29) is 12.7 Å². The minimum atomic E-state index is -0.625. The maximum atomic E-state index is 12.5. The number of aromatic nitrogens is 2. The van der Waals surface area contributed by atoms with E-state index in [0.29, 0.717) is 29.6 Å². The second-order valence-corrected chi connectivity index (χ2v) is 7.62. The number of para-hydroxylation sites is 2. The summed E-state index contributed by atoms with van der Waals surface area (Å²) in [5.74, 6) is 0.680. The highest BCUT2D eigenvalue weighted by Crippen LogP contribution is 2.30. The lowest BCUT2D eigenvalue weighted by molar-refractivity contribution is -0.141. The average molecular weight is 423 g/mol. The van der Waals surface area contributed by atoms with Gasteiger partial charge >= 0.3 is 6.09 Å². The fourth-order valence-corrected chi connectivity index (χ4v) is 3.25. The zero-order chi connectivity index (χ0) is 21.8. The molecule has 1 amide bonds. The quantitative estimate of drug-likeness (QED) is 0.636. The molecule has 1 saturated heterocycles. The summed E-state index contributed by atoms with van der Waals surface area (Å²) in [5, 5.41) is 7.36. The van der Waals surface area contributed by atoms with Crippen LogP contribution in [0.3, 0.4) is 0 Å². The van der Waals surface area contributed by atoms with Crippen LogP contribution < -0.4 is 14.8 Å². The van der Waals surface area contributed by atoms with Gasteiger partial charge in [0.15, 0.2) is 5.79 Å². The topological polar surface area (TPSA) is 83.8 Å². The Balaban J connectivity index is 1.55. The largest absolute Gasteiger partial charge is 0.473 e. The second-order valence-electron chi connectivity index (χ2n) is 7.62. The molecule has 8 nitrogen and oxygen atoms in total. The minimum absolute atomic E-state index is 0.198. The number of hydrogen-bond donors (Lipinski definition) is 1. The molecule has 162 valence electrons. The van der Waals surface area contributed by atoms with E-state index in [0.717, 1.165) is 5.69 Å². The molecule has 1 fully saturated rings. The van der Waals surface area contributed by atoms with Gasteiger partial charge in [-0.1, -0.05) is 36.4 Å². The Morgan fingerprint density at radius 2 is 1.84 bits per heavy atom. The van der Waals surface area contributed by atoms with Crippen molar-refractivity contribution in [3.8, 4) is 17.3 Å².